The molecule has 7 aromatic carbocycles. The summed E-state index contributed by atoms with van der Waals surface area (Å²) in [4.78, 5) is 0. The fourth-order valence-electron chi connectivity index (χ4n) is 7.94. The van der Waals surface area contributed by atoms with Crippen LogP contribution in [0.2, 0.25) is 0 Å². The van der Waals surface area contributed by atoms with Crippen LogP contribution in [-0.4, -0.2) is 0 Å². The van der Waals surface area contributed by atoms with Gasteiger partial charge in [0, 0.05) is 24.6 Å². The highest BCUT2D eigenvalue weighted by Crippen LogP contribution is 2.63. The van der Waals surface area contributed by atoms with Crippen LogP contribution < -0.4 is 0 Å². The van der Waals surface area contributed by atoms with Gasteiger partial charge in [-0.15, -0.1) is 11.3 Å². The minimum absolute atomic E-state index is 0.333. The zero-order valence-corrected chi connectivity index (χ0v) is 25.5. The van der Waals surface area contributed by atoms with Gasteiger partial charge in [0.1, 0.15) is 0 Å². The summed E-state index contributed by atoms with van der Waals surface area (Å²) in [7, 11) is 0. The lowest BCUT2D eigenvalue weighted by atomic mass is 9.70. The summed E-state index contributed by atoms with van der Waals surface area (Å²) in [5, 5.41) is 5.21. The molecule has 43 heavy (non-hydrogen) atoms. The monoisotopic (exact) mass is 626 g/mol. The standard InChI is InChI=1S/C41H23BrS/c42-28-15-18-40-34(23-28)33-21-27(14-17-39(33)43-40)26-13-16-37-31(20-26)29-9-3-5-11-35(29)41(37)36-12-6-4-10-30(36)32-19-24-7-1-2-8-25(24)22-38(32)41/h1-23H. The molecule has 1 aromatic heterocycles. The molecule has 1 atom stereocenters. The summed E-state index contributed by atoms with van der Waals surface area (Å²) in [6, 6.07) is 52.5. The number of hydrogen-bond acceptors (Lipinski definition) is 1. The molecular weight excluding hydrogens is 604 g/mol. The smallest absolute Gasteiger partial charge is 0.0725 e. The van der Waals surface area contributed by atoms with E-state index in [1.54, 1.807) is 0 Å². The van der Waals surface area contributed by atoms with Gasteiger partial charge in [0.2, 0.25) is 0 Å². The van der Waals surface area contributed by atoms with Gasteiger partial charge >= 0.3 is 0 Å². The van der Waals surface area contributed by atoms with Crippen LogP contribution >= 0.6 is 27.3 Å². The summed E-state index contributed by atoms with van der Waals surface area (Å²) in [5.74, 6) is 0. The number of halogens is 1. The number of fused-ring (bicyclic) bond motifs is 14. The number of thiophene rings is 1. The number of benzene rings is 7. The van der Waals surface area contributed by atoms with E-state index in [1.807, 2.05) is 11.3 Å². The highest BCUT2D eigenvalue weighted by atomic mass is 79.9. The molecular formula is C41H23BrS. The van der Waals surface area contributed by atoms with Crippen molar-refractivity contribution in [3.05, 3.63) is 166 Å². The molecule has 0 amide bonds. The highest BCUT2D eigenvalue weighted by Gasteiger charge is 2.51. The van der Waals surface area contributed by atoms with Crippen molar-refractivity contribution in [1.82, 2.24) is 0 Å². The average molecular weight is 628 g/mol. The Morgan fingerprint density at radius 1 is 0.419 bits per heavy atom. The predicted molar refractivity (Wildman–Crippen MR) is 186 cm³/mol. The first kappa shape index (κ1) is 24.0. The summed E-state index contributed by atoms with van der Waals surface area (Å²) in [6.45, 7) is 0. The van der Waals surface area contributed by atoms with Gasteiger partial charge in [0.25, 0.3) is 0 Å². The van der Waals surface area contributed by atoms with E-state index in [0.717, 1.165) is 4.47 Å². The van der Waals surface area contributed by atoms with Crippen LogP contribution in [-0.2, 0) is 5.41 Å². The number of hydrogen-bond donors (Lipinski definition) is 0. The van der Waals surface area contributed by atoms with Gasteiger partial charge in [-0.05, 0) is 115 Å². The molecule has 2 heteroatoms. The van der Waals surface area contributed by atoms with E-state index in [0.29, 0.717) is 0 Å². The minimum Gasteiger partial charge on any atom is -0.135 e. The molecule has 2 aliphatic rings. The van der Waals surface area contributed by atoms with Crippen molar-refractivity contribution in [3.63, 3.8) is 0 Å². The van der Waals surface area contributed by atoms with Gasteiger partial charge < -0.3 is 0 Å². The molecule has 0 aliphatic heterocycles. The third-order valence-corrected chi connectivity index (χ3v) is 11.4. The molecule has 8 aromatic rings. The Hall–Kier alpha value is -4.50. The molecule has 2 aliphatic carbocycles. The predicted octanol–water partition coefficient (Wildman–Crippen LogP) is 12.0. The van der Waals surface area contributed by atoms with E-state index in [2.05, 4.69) is 155 Å². The molecule has 0 fully saturated rings. The molecule has 0 nitrogen and oxygen atoms in total. The molecule has 0 saturated carbocycles. The van der Waals surface area contributed by atoms with Crippen molar-refractivity contribution in [1.29, 1.82) is 0 Å². The lowest BCUT2D eigenvalue weighted by Gasteiger charge is -2.30. The third-order valence-electron chi connectivity index (χ3n) is 9.72. The summed E-state index contributed by atoms with van der Waals surface area (Å²) < 4.78 is 3.77. The Bertz CT molecular complexity index is 2480. The minimum atomic E-state index is -0.333. The summed E-state index contributed by atoms with van der Waals surface area (Å²) in [6.07, 6.45) is 0. The van der Waals surface area contributed by atoms with E-state index >= 15 is 0 Å². The SMILES string of the molecule is Brc1ccc2sc3ccc(-c4ccc5c(c4)-c4ccccc4C54c5ccccc5-c5cc6ccccc6cc54)cc3c2c1. The van der Waals surface area contributed by atoms with Gasteiger partial charge in [0.15, 0.2) is 0 Å². The first-order valence-electron chi connectivity index (χ1n) is 14.7. The summed E-state index contributed by atoms with van der Waals surface area (Å²) >= 11 is 5.55. The summed E-state index contributed by atoms with van der Waals surface area (Å²) in [5.41, 5.74) is 13.1. The van der Waals surface area contributed by atoms with Gasteiger partial charge in [-0.1, -0.05) is 107 Å². The molecule has 10 rings (SSSR count). The molecule has 1 heterocycles. The third kappa shape index (κ3) is 3.10. The molecule has 0 radical (unpaired) electrons. The van der Waals surface area contributed by atoms with Crippen LogP contribution in [0.15, 0.2) is 144 Å². The fourth-order valence-corrected chi connectivity index (χ4v) is 9.36. The molecule has 200 valence electrons. The van der Waals surface area contributed by atoms with Crippen LogP contribution in [0.5, 0.6) is 0 Å². The van der Waals surface area contributed by atoms with Crippen molar-refractivity contribution in [2.75, 3.05) is 0 Å². The van der Waals surface area contributed by atoms with Crippen LogP contribution in [0.3, 0.4) is 0 Å². The van der Waals surface area contributed by atoms with Crippen molar-refractivity contribution in [3.8, 4) is 33.4 Å². The first-order chi connectivity index (χ1) is 21.2. The topological polar surface area (TPSA) is 0 Å². The zero-order valence-electron chi connectivity index (χ0n) is 23.1. The maximum atomic E-state index is 3.69. The normalized spacial score (nSPS) is 16.1. The largest absolute Gasteiger partial charge is 0.135 e. The quantitative estimate of drug-likeness (QED) is 0.170. The van der Waals surface area contributed by atoms with E-state index in [-0.39, 0.29) is 5.41 Å². The zero-order chi connectivity index (χ0) is 28.3. The lowest BCUT2D eigenvalue weighted by Crippen LogP contribution is -2.25. The Morgan fingerprint density at radius 3 is 1.74 bits per heavy atom. The lowest BCUT2D eigenvalue weighted by molar-refractivity contribution is 0.795. The Morgan fingerprint density at radius 2 is 0.977 bits per heavy atom. The Labute approximate surface area is 262 Å². The van der Waals surface area contributed by atoms with E-state index in [1.165, 1.54) is 86.6 Å². The fraction of sp³-hybridized carbons (Fsp3) is 0.0244. The number of rotatable bonds is 1. The van der Waals surface area contributed by atoms with E-state index in [4.69, 9.17) is 0 Å². The second kappa shape index (κ2) is 8.54. The van der Waals surface area contributed by atoms with Crippen molar-refractivity contribution in [2.24, 2.45) is 0 Å². The second-order valence-corrected chi connectivity index (χ2v) is 13.8. The van der Waals surface area contributed by atoms with Crippen LogP contribution in [0.4, 0.5) is 0 Å². The van der Waals surface area contributed by atoms with Crippen molar-refractivity contribution >= 4 is 58.2 Å². The van der Waals surface area contributed by atoms with Crippen molar-refractivity contribution in [2.45, 2.75) is 5.41 Å². The molecule has 1 unspecified atom stereocenters. The average Bonchev–Trinajstić information content (AvgIpc) is 3.66. The van der Waals surface area contributed by atoms with Gasteiger partial charge in [-0.3, -0.25) is 0 Å². The first-order valence-corrected chi connectivity index (χ1v) is 16.3. The van der Waals surface area contributed by atoms with E-state index < -0.39 is 0 Å². The van der Waals surface area contributed by atoms with Gasteiger partial charge in [0.05, 0.1) is 5.41 Å². The molecule has 1 spiro atoms. The Balaban J connectivity index is 1.25. The van der Waals surface area contributed by atoms with Gasteiger partial charge in [-0.2, -0.15) is 0 Å². The van der Waals surface area contributed by atoms with Crippen LogP contribution in [0.25, 0.3) is 64.3 Å². The Kier molecular flexibility index (Phi) is 4.76. The van der Waals surface area contributed by atoms with Gasteiger partial charge in [-0.25, -0.2) is 0 Å². The van der Waals surface area contributed by atoms with Crippen molar-refractivity contribution < 1.29 is 0 Å². The molecule has 0 bridgehead atoms. The van der Waals surface area contributed by atoms with Crippen LogP contribution in [0.1, 0.15) is 22.3 Å². The maximum Gasteiger partial charge on any atom is 0.0725 e. The molecule has 0 saturated heterocycles. The molecule has 0 N–H and O–H groups in total. The maximum absolute atomic E-state index is 3.69. The highest BCUT2D eigenvalue weighted by molar-refractivity contribution is 9.10. The van der Waals surface area contributed by atoms with E-state index in [9.17, 15) is 0 Å². The van der Waals surface area contributed by atoms with Crippen LogP contribution in [0, 0.1) is 0 Å². The second-order valence-electron chi connectivity index (χ2n) is 11.8.